The van der Waals surface area contributed by atoms with Crippen molar-refractivity contribution in [3.63, 3.8) is 0 Å². The van der Waals surface area contributed by atoms with Gasteiger partial charge in [-0.3, -0.25) is 5.10 Å². The predicted octanol–water partition coefficient (Wildman–Crippen LogP) is 2.11. The molecule has 3 nitrogen and oxygen atoms in total. The Hall–Kier alpha value is -0.830. The summed E-state index contributed by atoms with van der Waals surface area (Å²) in [6.07, 6.45) is 2.23. The number of aromatic amines is 1. The van der Waals surface area contributed by atoms with Gasteiger partial charge in [0.05, 0.1) is 5.69 Å². The second kappa shape index (κ2) is 5.81. The van der Waals surface area contributed by atoms with Gasteiger partial charge in [-0.1, -0.05) is 27.2 Å². The molecule has 0 aromatic carbocycles. The summed E-state index contributed by atoms with van der Waals surface area (Å²) >= 11 is 0. The molecule has 0 radical (unpaired) electrons. The van der Waals surface area contributed by atoms with E-state index < -0.39 is 0 Å². The molecule has 1 heterocycles. The van der Waals surface area contributed by atoms with Gasteiger partial charge in [0.25, 0.3) is 0 Å². The summed E-state index contributed by atoms with van der Waals surface area (Å²) in [5.41, 5.74) is 2.36. The van der Waals surface area contributed by atoms with Crippen molar-refractivity contribution < 1.29 is 0 Å². The van der Waals surface area contributed by atoms with E-state index in [-0.39, 0.29) is 0 Å². The van der Waals surface area contributed by atoms with E-state index in [0.29, 0.717) is 5.92 Å². The van der Waals surface area contributed by atoms with Crippen LogP contribution in [-0.4, -0.2) is 16.7 Å². The average molecular weight is 195 g/mol. The first kappa shape index (κ1) is 11.2. The zero-order valence-electron chi connectivity index (χ0n) is 9.43. The zero-order chi connectivity index (χ0) is 10.4. The SMILES string of the molecule is CCCc1cc(CNCC(C)C)[nH]n1. The molecule has 1 rings (SSSR count). The van der Waals surface area contributed by atoms with Crippen LogP contribution in [0.15, 0.2) is 6.07 Å². The fourth-order valence-corrected chi connectivity index (χ4v) is 1.38. The van der Waals surface area contributed by atoms with Crippen LogP contribution in [0.1, 0.15) is 38.6 Å². The molecule has 0 amide bonds. The van der Waals surface area contributed by atoms with Gasteiger partial charge in [0.1, 0.15) is 0 Å². The number of H-pyrrole nitrogens is 1. The van der Waals surface area contributed by atoms with Crippen LogP contribution in [-0.2, 0) is 13.0 Å². The fraction of sp³-hybridized carbons (Fsp3) is 0.727. The summed E-state index contributed by atoms with van der Waals surface area (Å²) < 4.78 is 0. The van der Waals surface area contributed by atoms with Crippen molar-refractivity contribution in [2.24, 2.45) is 5.92 Å². The smallest absolute Gasteiger partial charge is 0.0625 e. The summed E-state index contributed by atoms with van der Waals surface area (Å²) in [5, 5.41) is 10.7. The van der Waals surface area contributed by atoms with Gasteiger partial charge in [-0.2, -0.15) is 5.10 Å². The zero-order valence-corrected chi connectivity index (χ0v) is 9.43. The lowest BCUT2D eigenvalue weighted by Crippen LogP contribution is -2.19. The lowest BCUT2D eigenvalue weighted by atomic mass is 10.2. The van der Waals surface area contributed by atoms with Crippen LogP contribution in [0.25, 0.3) is 0 Å². The van der Waals surface area contributed by atoms with Gasteiger partial charge in [0.2, 0.25) is 0 Å². The quantitative estimate of drug-likeness (QED) is 0.730. The van der Waals surface area contributed by atoms with Gasteiger partial charge in [-0.05, 0) is 24.9 Å². The van der Waals surface area contributed by atoms with Gasteiger partial charge in [0.15, 0.2) is 0 Å². The summed E-state index contributed by atoms with van der Waals surface area (Å²) in [6, 6.07) is 2.15. The highest BCUT2D eigenvalue weighted by Gasteiger charge is 2.00. The molecule has 0 aliphatic carbocycles. The molecule has 1 aromatic rings. The van der Waals surface area contributed by atoms with Gasteiger partial charge in [-0.25, -0.2) is 0 Å². The molecule has 0 aliphatic rings. The van der Waals surface area contributed by atoms with E-state index in [1.807, 2.05) is 0 Å². The van der Waals surface area contributed by atoms with E-state index in [1.54, 1.807) is 0 Å². The van der Waals surface area contributed by atoms with Crippen LogP contribution >= 0.6 is 0 Å². The molecule has 0 atom stereocenters. The van der Waals surface area contributed by atoms with Crippen molar-refractivity contribution in [1.82, 2.24) is 15.5 Å². The third kappa shape index (κ3) is 3.92. The van der Waals surface area contributed by atoms with Crippen molar-refractivity contribution in [2.75, 3.05) is 6.54 Å². The molecule has 2 N–H and O–H groups in total. The molecule has 3 heteroatoms. The highest BCUT2D eigenvalue weighted by Crippen LogP contribution is 2.02. The second-order valence-electron chi connectivity index (χ2n) is 4.16. The number of nitrogens with zero attached hydrogens (tertiary/aromatic N) is 1. The standard InChI is InChI=1S/C11H21N3/c1-4-5-10-6-11(14-13-10)8-12-7-9(2)3/h6,9,12H,4-5,7-8H2,1-3H3,(H,13,14). The van der Waals surface area contributed by atoms with E-state index in [0.717, 1.165) is 25.9 Å². The summed E-state index contributed by atoms with van der Waals surface area (Å²) in [7, 11) is 0. The minimum atomic E-state index is 0.702. The molecule has 0 fully saturated rings. The maximum atomic E-state index is 4.24. The first-order valence-corrected chi connectivity index (χ1v) is 5.46. The number of aryl methyl sites for hydroxylation is 1. The third-order valence-electron chi connectivity index (χ3n) is 2.06. The predicted molar refractivity (Wildman–Crippen MR) is 59.1 cm³/mol. The van der Waals surface area contributed by atoms with Crippen LogP contribution in [0.4, 0.5) is 0 Å². The molecular formula is C11H21N3. The van der Waals surface area contributed by atoms with Gasteiger partial charge < -0.3 is 5.32 Å². The number of nitrogens with one attached hydrogen (secondary N) is 2. The van der Waals surface area contributed by atoms with Crippen LogP contribution in [0.3, 0.4) is 0 Å². The van der Waals surface area contributed by atoms with Crippen molar-refractivity contribution >= 4 is 0 Å². The molecule has 1 aromatic heterocycles. The highest BCUT2D eigenvalue weighted by atomic mass is 15.1. The Kier molecular flexibility index (Phi) is 4.66. The number of hydrogen-bond acceptors (Lipinski definition) is 2. The Morgan fingerprint density at radius 3 is 2.93 bits per heavy atom. The summed E-state index contributed by atoms with van der Waals surface area (Å²) in [4.78, 5) is 0. The largest absolute Gasteiger partial charge is 0.311 e. The first-order chi connectivity index (χ1) is 6.72. The van der Waals surface area contributed by atoms with Gasteiger partial charge in [0, 0.05) is 12.2 Å². The topological polar surface area (TPSA) is 40.7 Å². The van der Waals surface area contributed by atoms with E-state index >= 15 is 0 Å². The molecular weight excluding hydrogens is 174 g/mol. The van der Waals surface area contributed by atoms with Crippen LogP contribution < -0.4 is 5.32 Å². The molecule has 0 saturated carbocycles. The molecule has 0 unspecified atom stereocenters. The van der Waals surface area contributed by atoms with Crippen LogP contribution in [0, 0.1) is 5.92 Å². The van der Waals surface area contributed by atoms with Crippen molar-refractivity contribution in [3.05, 3.63) is 17.5 Å². The Morgan fingerprint density at radius 1 is 1.50 bits per heavy atom. The molecule has 14 heavy (non-hydrogen) atoms. The van der Waals surface area contributed by atoms with Crippen molar-refractivity contribution in [3.8, 4) is 0 Å². The lowest BCUT2D eigenvalue weighted by molar-refractivity contribution is 0.548. The Labute approximate surface area is 86.3 Å². The summed E-state index contributed by atoms with van der Waals surface area (Å²) in [6.45, 7) is 8.55. The summed E-state index contributed by atoms with van der Waals surface area (Å²) in [5.74, 6) is 0.702. The number of aromatic nitrogens is 2. The minimum Gasteiger partial charge on any atom is -0.311 e. The molecule has 0 spiro atoms. The Balaban J connectivity index is 2.28. The molecule has 0 aliphatic heterocycles. The monoisotopic (exact) mass is 195 g/mol. The van der Waals surface area contributed by atoms with E-state index in [1.165, 1.54) is 11.4 Å². The molecule has 80 valence electrons. The normalized spacial score (nSPS) is 11.1. The van der Waals surface area contributed by atoms with E-state index in [2.05, 4.69) is 42.4 Å². The fourth-order valence-electron chi connectivity index (χ4n) is 1.38. The number of rotatable bonds is 6. The second-order valence-corrected chi connectivity index (χ2v) is 4.16. The van der Waals surface area contributed by atoms with Crippen molar-refractivity contribution in [2.45, 2.75) is 40.2 Å². The Morgan fingerprint density at radius 2 is 2.29 bits per heavy atom. The van der Waals surface area contributed by atoms with Gasteiger partial charge >= 0.3 is 0 Å². The molecule has 0 bridgehead atoms. The maximum absolute atomic E-state index is 4.24. The highest BCUT2D eigenvalue weighted by molar-refractivity contribution is 5.08. The lowest BCUT2D eigenvalue weighted by Gasteiger charge is -2.04. The first-order valence-electron chi connectivity index (χ1n) is 5.46. The van der Waals surface area contributed by atoms with E-state index in [9.17, 15) is 0 Å². The van der Waals surface area contributed by atoms with E-state index in [4.69, 9.17) is 0 Å². The third-order valence-corrected chi connectivity index (χ3v) is 2.06. The van der Waals surface area contributed by atoms with Crippen molar-refractivity contribution in [1.29, 1.82) is 0 Å². The maximum Gasteiger partial charge on any atom is 0.0625 e. The van der Waals surface area contributed by atoms with Crippen LogP contribution in [0.2, 0.25) is 0 Å². The van der Waals surface area contributed by atoms with Gasteiger partial charge in [-0.15, -0.1) is 0 Å². The van der Waals surface area contributed by atoms with Crippen LogP contribution in [0.5, 0.6) is 0 Å². The minimum absolute atomic E-state index is 0.702. The molecule has 0 saturated heterocycles. The Bertz CT molecular complexity index is 253. The number of hydrogen-bond donors (Lipinski definition) is 2. The average Bonchev–Trinajstić information content (AvgIpc) is 2.53.